The van der Waals surface area contributed by atoms with Crippen LogP contribution in [-0.4, -0.2) is 7.11 Å². The largest absolute Gasteiger partial charge is 0.496 e. The van der Waals surface area contributed by atoms with E-state index in [1.165, 1.54) is 133 Å². The Bertz CT molecular complexity index is 1880. The highest BCUT2D eigenvalue weighted by Gasteiger charge is 2.44. The molecule has 2 aliphatic carbocycles. The number of unbranched alkanes of at least 4 members (excludes halogenated alkanes) is 4. The number of ether oxygens (including phenoxy) is 1. The molecule has 52 heavy (non-hydrogen) atoms. The Morgan fingerprint density at radius 3 is 1.27 bits per heavy atom. The van der Waals surface area contributed by atoms with Crippen LogP contribution >= 0.6 is 0 Å². The van der Waals surface area contributed by atoms with E-state index < -0.39 is 0 Å². The van der Waals surface area contributed by atoms with Crippen molar-refractivity contribution >= 4 is 17.1 Å². The summed E-state index contributed by atoms with van der Waals surface area (Å²) < 4.78 is 5.96. The van der Waals surface area contributed by atoms with Crippen molar-refractivity contribution < 1.29 is 4.74 Å². The SMILES string of the molecule is CCCCC1(CCCC)c2ccccc2-c2ccc(N(c3ccc(C)c(OC)c3)c3ccc4c(c3)C(CCCC)(CCCC)c3ccccc3-4)cc21. The molecular formula is C50H59NO. The lowest BCUT2D eigenvalue weighted by Crippen LogP contribution is -2.26. The van der Waals surface area contributed by atoms with Crippen molar-refractivity contribution in [1.29, 1.82) is 0 Å². The van der Waals surface area contributed by atoms with Gasteiger partial charge in [0.25, 0.3) is 0 Å². The number of methoxy groups -OCH3 is 1. The first-order valence-corrected chi connectivity index (χ1v) is 20.4. The van der Waals surface area contributed by atoms with Crippen molar-refractivity contribution in [2.45, 2.75) is 122 Å². The zero-order valence-corrected chi connectivity index (χ0v) is 32.7. The van der Waals surface area contributed by atoms with Gasteiger partial charge in [0, 0.05) is 34.0 Å². The predicted octanol–water partition coefficient (Wildman–Crippen LogP) is 14.8. The molecule has 0 bridgehead atoms. The van der Waals surface area contributed by atoms with Crippen LogP contribution in [0.3, 0.4) is 0 Å². The quantitative estimate of drug-likeness (QED) is 0.102. The second-order valence-electron chi connectivity index (χ2n) is 15.6. The van der Waals surface area contributed by atoms with E-state index >= 15 is 0 Å². The fraction of sp³-hybridized carbons (Fsp3) is 0.400. The van der Waals surface area contributed by atoms with E-state index in [1.807, 2.05) is 0 Å². The molecule has 0 fully saturated rings. The van der Waals surface area contributed by atoms with E-state index in [9.17, 15) is 0 Å². The summed E-state index contributed by atoms with van der Waals surface area (Å²) in [6, 6.07) is 40.0. The second-order valence-corrected chi connectivity index (χ2v) is 15.6. The normalized spacial score (nSPS) is 14.4. The Morgan fingerprint density at radius 2 is 0.846 bits per heavy atom. The lowest BCUT2D eigenvalue weighted by Gasteiger charge is -2.35. The van der Waals surface area contributed by atoms with Gasteiger partial charge >= 0.3 is 0 Å². The maximum atomic E-state index is 5.96. The van der Waals surface area contributed by atoms with Gasteiger partial charge in [-0.05, 0) is 113 Å². The Hall–Kier alpha value is -4.30. The zero-order valence-electron chi connectivity index (χ0n) is 32.7. The molecule has 5 aromatic carbocycles. The first-order chi connectivity index (χ1) is 25.5. The van der Waals surface area contributed by atoms with Crippen LogP contribution < -0.4 is 9.64 Å². The molecule has 2 heteroatoms. The third-order valence-corrected chi connectivity index (χ3v) is 12.5. The standard InChI is InChI=1S/C50H59NO/c1-7-11-29-49(30-12-8-2)44-21-17-15-19-40(44)42-27-25-37(33-46(42)49)51(39-24-23-36(5)48(35-39)52-6)38-26-28-43-41-20-16-18-22-45(41)50(31-13-9-3,32-14-10-4)47(43)34-38/h15-28,33-35H,7-14,29-32H2,1-6H3. The third-order valence-electron chi connectivity index (χ3n) is 12.5. The number of fused-ring (bicyclic) bond motifs is 6. The molecule has 0 radical (unpaired) electrons. The number of hydrogen-bond acceptors (Lipinski definition) is 2. The van der Waals surface area contributed by atoms with Crippen molar-refractivity contribution in [2.24, 2.45) is 0 Å². The van der Waals surface area contributed by atoms with Crippen LogP contribution in [0.1, 0.15) is 133 Å². The van der Waals surface area contributed by atoms with E-state index in [2.05, 4.69) is 143 Å². The molecule has 0 unspecified atom stereocenters. The van der Waals surface area contributed by atoms with Crippen molar-refractivity contribution in [3.05, 3.63) is 131 Å². The van der Waals surface area contributed by atoms with Gasteiger partial charge in [-0.15, -0.1) is 0 Å². The summed E-state index contributed by atoms with van der Waals surface area (Å²) in [5.41, 5.74) is 16.5. The van der Waals surface area contributed by atoms with Gasteiger partial charge in [-0.2, -0.15) is 0 Å². The highest BCUT2D eigenvalue weighted by atomic mass is 16.5. The number of rotatable bonds is 16. The molecule has 2 nitrogen and oxygen atoms in total. The minimum absolute atomic E-state index is 0.0274. The van der Waals surface area contributed by atoms with Gasteiger partial charge in [0.05, 0.1) is 7.11 Å². The van der Waals surface area contributed by atoms with Crippen molar-refractivity contribution in [3.63, 3.8) is 0 Å². The molecule has 0 spiro atoms. The first-order valence-electron chi connectivity index (χ1n) is 20.4. The molecule has 270 valence electrons. The molecule has 0 saturated heterocycles. The molecule has 0 N–H and O–H groups in total. The molecule has 2 aliphatic rings. The molecule has 0 heterocycles. The second kappa shape index (κ2) is 15.4. The van der Waals surface area contributed by atoms with Crippen LogP contribution in [0, 0.1) is 6.92 Å². The minimum atomic E-state index is 0.0274. The molecule has 7 rings (SSSR count). The van der Waals surface area contributed by atoms with Crippen LogP contribution in [0.15, 0.2) is 103 Å². The minimum Gasteiger partial charge on any atom is -0.496 e. The zero-order chi connectivity index (χ0) is 36.3. The molecule has 0 aromatic heterocycles. The van der Waals surface area contributed by atoms with E-state index in [0.717, 1.165) is 17.0 Å². The topological polar surface area (TPSA) is 12.5 Å². The summed E-state index contributed by atoms with van der Waals surface area (Å²) in [6.45, 7) is 11.5. The number of aryl methyl sites for hydroxylation is 1. The molecule has 0 saturated carbocycles. The van der Waals surface area contributed by atoms with Crippen molar-refractivity contribution in [2.75, 3.05) is 12.0 Å². The van der Waals surface area contributed by atoms with Crippen molar-refractivity contribution in [1.82, 2.24) is 0 Å². The molecule has 0 aliphatic heterocycles. The molecule has 5 aromatic rings. The van der Waals surface area contributed by atoms with Gasteiger partial charge in [-0.1, -0.05) is 146 Å². The summed E-state index contributed by atoms with van der Waals surface area (Å²) in [5.74, 6) is 0.921. The lowest BCUT2D eigenvalue weighted by atomic mass is 9.70. The van der Waals surface area contributed by atoms with Crippen LogP contribution in [0.25, 0.3) is 22.3 Å². The van der Waals surface area contributed by atoms with Gasteiger partial charge in [0.1, 0.15) is 5.75 Å². The van der Waals surface area contributed by atoms with E-state index in [4.69, 9.17) is 4.74 Å². The molecule has 0 atom stereocenters. The van der Waals surface area contributed by atoms with Crippen molar-refractivity contribution in [3.8, 4) is 28.0 Å². The monoisotopic (exact) mass is 689 g/mol. The van der Waals surface area contributed by atoms with E-state index in [0.29, 0.717) is 0 Å². The Balaban J connectivity index is 1.45. The number of anilines is 3. The maximum Gasteiger partial charge on any atom is 0.123 e. The molecule has 0 amide bonds. The third kappa shape index (κ3) is 6.07. The van der Waals surface area contributed by atoms with Gasteiger partial charge in [0.15, 0.2) is 0 Å². The van der Waals surface area contributed by atoms with E-state index in [-0.39, 0.29) is 10.8 Å². The average molecular weight is 690 g/mol. The van der Waals surface area contributed by atoms with Crippen LogP contribution in [0.2, 0.25) is 0 Å². The first kappa shape index (κ1) is 36.1. The summed E-state index contributed by atoms with van der Waals surface area (Å²) in [5, 5.41) is 0. The Labute approximate surface area is 314 Å². The number of hydrogen-bond donors (Lipinski definition) is 0. The maximum absolute atomic E-state index is 5.96. The van der Waals surface area contributed by atoms with Gasteiger partial charge < -0.3 is 9.64 Å². The average Bonchev–Trinajstić information content (AvgIpc) is 3.61. The van der Waals surface area contributed by atoms with Gasteiger partial charge in [-0.3, -0.25) is 0 Å². The van der Waals surface area contributed by atoms with Crippen LogP contribution in [0.5, 0.6) is 5.75 Å². The summed E-state index contributed by atoms with van der Waals surface area (Å²) in [4.78, 5) is 2.52. The lowest BCUT2D eigenvalue weighted by molar-refractivity contribution is 0.412. The van der Waals surface area contributed by atoms with Crippen LogP contribution in [-0.2, 0) is 10.8 Å². The van der Waals surface area contributed by atoms with Crippen LogP contribution in [0.4, 0.5) is 17.1 Å². The van der Waals surface area contributed by atoms with Gasteiger partial charge in [-0.25, -0.2) is 0 Å². The van der Waals surface area contributed by atoms with Gasteiger partial charge in [0.2, 0.25) is 0 Å². The number of nitrogens with zero attached hydrogens (tertiary/aromatic N) is 1. The predicted molar refractivity (Wildman–Crippen MR) is 223 cm³/mol. The molecular weight excluding hydrogens is 631 g/mol. The highest BCUT2D eigenvalue weighted by molar-refractivity contribution is 5.88. The van der Waals surface area contributed by atoms with E-state index in [1.54, 1.807) is 7.11 Å². The summed E-state index contributed by atoms with van der Waals surface area (Å²) in [6.07, 6.45) is 14.5. The highest BCUT2D eigenvalue weighted by Crippen LogP contribution is 2.57. The fourth-order valence-corrected chi connectivity index (χ4v) is 9.80. The number of benzene rings is 5. The Morgan fingerprint density at radius 1 is 0.462 bits per heavy atom. The smallest absolute Gasteiger partial charge is 0.123 e. The fourth-order valence-electron chi connectivity index (χ4n) is 9.80. The summed E-state index contributed by atoms with van der Waals surface area (Å²) >= 11 is 0. The Kier molecular flexibility index (Phi) is 10.7. The summed E-state index contributed by atoms with van der Waals surface area (Å²) in [7, 11) is 1.79.